The van der Waals surface area contributed by atoms with Gasteiger partial charge in [-0.2, -0.15) is 0 Å². The largest absolute Gasteiger partial charge is 0.393 e. The fourth-order valence-electron chi connectivity index (χ4n) is 1.42. The van der Waals surface area contributed by atoms with Gasteiger partial charge in [-0.25, -0.2) is 13.1 Å². The molecule has 1 amide bonds. The number of hydrogen-bond donors (Lipinski definition) is 3. The Morgan fingerprint density at radius 2 is 2.10 bits per heavy atom. The molecule has 1 aromatic carbocycles. The van der Waals surface area contributed by atoms with Gasteiger partial charge in [0.15, 0.2) is 0 Å². The molecule has 0 spiro atoms. The normalized spacial score (nSPS) is 11.1. The van der Waals surface area contributed by atoms with Crippen molar-refractivity contribution >= 4 is 27.3 Å². The average molecular weight is 316 g/mol. The molecule has 0 saturated carbocycles. The average Bonchev–Trinajstić information content (AvgIpc) is 2.42. The molecule has 9 nitrogen and oxygen atoms in total. The van der Waals surface area contributed by atoms with E-state index >= 15 is 0 Å². The number of nitro benzene ring substituents is 1. The molecule has 0 bridgehead atoms. The van der Waals surface area contributed by atoms with Crippen molar-refractivity contribution in [2.24, 2.45) is 0 Å². The molecule has 116 valence electrons. The van der Waals surface area contributed by atoms with Gasteiger partial charge in [-0.05, 0) is 18.6 Å². The van der Waals surface area contributed by atoms with Crippen LogP contribution in [0.5, 0.6) is 0 Å². The smallest absolute Gasteiger partial charge is 0.293 e. The number of nitrogen functional groups attached to an aromatic ring is 1. The van der Waals surface area contributed by atoms with Crippen LogP contribution in [0.25, 0.3) is 0 Å². The van der Waals surface area contributed by atoms with Crippen molar-refractivity contribution in [2.75, 3.05) is 18.8 Å². The van der Waals surface area contributed by atoms with Gasteiger partial charge in [0.25, 0.3) is 5.69 Å². The Morgan fingerprint density at radius 3 is 2.67 bits per heavy atom. The Labute approximate surface area is 121 Å². The van der Waals surface area contributed by atoms with Gasteiger partial charge in [0.05, 0.1) is 16.4 Å². The van der Waals surface area contributed by atoms with Crippen LogP contribution < -0.4 is 15.8 Å². The van der Waals surface area contributed by atoms with Gasteiger partial charge in [-0.3, -0.25) is 14.9 Å². The monoisotopic (exact) mass is 316 g/mol. The van der Waals surface area contributed by atoms with E-state index in [9.17, 15) is 23.3 Å². The number of carbonyl (C=O) groups is 1. The first-order valence-corrected chi connectivity index (χ1v) is 7.56. The molecule has 4 N–H and O–H groups in total. The summed E-state index contributed by atoms with van der Waals surface area (Å²) in [6.45, 7) is 1.85. The highest BCUT2D eigenvalue weighted by Crippen LogP contribution is 2.24. The molecule has 0 unspecified atom stereocenters. The minimum atomic E-state index is -4.02. The number of nitrogens with two attached hydrogens (primary N) is 1. The Morgan fingerprint density at radius 1 is 1.43 bits per heavy atom. The molecule has 0 saturated heterocycles. The molecule has 0 aromatic heterocycles. The topological polar surface area (TPSA) is 144 Å². The first-order valence-electron chi connectivity index (χ1n) is 6.08. The molecule has 0 atom stereocenters. The lowest BCUT2D eigenvalue weighted by molar-refractivity contribution is -0.384. The van der Waals surface area contributed by atoms with Gasteiger partial charge in [0.2, 0.25) is 15.9 Å². The molecule has 0 aliphatic heterocycles. The molecule has 0 fully saturated rings. The number of sulfonamides is 1. The maximum Gasteiger partial charge on any atom is 0.293 e. The minimum Gasteiger partial charge on any atom is -0.393 e. The van der Waals surface area contributed by atoms with E-state index in [1.165, 1.54) is 0 Å². The van der Waals surface area contributed by atoms with Crippen LogP contribution in [-0.2, 0) is 14.8 Å². The van der Waals surface area contributed by atoms with Gasteiger partial charge < -0.3 is 11.1 Å². The first kappa shape index (κ1) is 16.9. The SMILES string of the molecule is CCCNC(=O)CNS(=O)(=O)c1ccc(N)c([N+](=O)[O-])c1. The number of nitrogens with one attached hydrogen (secondary N) is 2. The summed E-state index contributed by atoms with van der Waals surface area (Å²) in [4.78, 5) is 21.0. The second-order valence-electron chi connectivity index (χ2n) is 4.15. The van der Waals surface area contributed by atoms with Crippen LogP contribution in [0.4, 0.5) is 11.4 Å². The lowest BCUT2D eigenvalue weighted by Gasteiger charge is -2.07. The number of carbonyl (C=O) groups excluding carboxylic acids is 1. The Balaban J connectivity index is 2.86. The van der Waals surface area contributed by atoms with E-state index in [0.717, 1.165) is 24.6 Å². The molecule has 10 heteroatoms. The van der Waals surface area contributed by atoms with Gasteiger partial charge >= 0.3 is 0 Å². The van der Waals surface area contributed by atoms with Crippen molar-refractivity contribution in [3.05, 3.63) is 28.3 Å². The number of benzene rings is 1. The maximum atomic E-state index is 11.9. The van der Waals surface area contributed by atoms with Crippen LogP contribution in [0, 0.1) is 10.1 Å². The van der Waals surface area contributed by atoms with E-state index in [4.69, 9.17) is 5.73 Å². The molecule has 1 aromatic rings. The Kier molecular flexibility index (Phi) is 5.61. The van der Waals surface area contributed by atoms with Crippen LogP contribution in [-0.4, -0.2) is 32.3 Å². The molecule has 0 aliphatic rings. The van der Waals surface area contributed by atoms with E-state index in [1.54, 1.807) is 0 Å². The summed E-state index contributed by atoms with van der Waals surface area (Å²) in [5.41, 5.74) is 4.74. The van der Waals surface area contributed by atoms with Crippen molar-refractivity contribution in [3.8, 4) is 0 Å². The van der Waals surface area contributed by atoms with Gasteiger partial charge in [0.1, 0.15) is 5.69 Å². The zero-order chi connectivity index (χ0) is 16.0. The van der Waals surface area contributed by atoms with Crippen molar-refractivity contribution in [2.45, 2.75) is 18.2 Å². The van der Waals surface area contributed by atoms with E-state index < -0.39 is 33.1 Å². The molecule has 0 radical (unpaired) electrons. The standard InChI is InChI=1S/C11H16N4O5S/c1-2-5-13-11(16)7-14-21(19,20)8-3-4-9(12)10(6-8)15(17)18/h3-4,6,14H,2,5,7,12H2,1H3,(H,13,16). The summed E-state index contributed by atoms with van der Waals surface area (Å²) < 4.78 is 26.0. The lowest BCUT2D eigenvalue weighted by atomic mass is 10.3. The van der Waals surface area contributed by atoms with E-state index in [1.807, 2.05) is 6.92 Å². The van der Waals surface area contributed by atoms with Crippen LogP contribution in [0.2, 0.25) is 0 Å². The predicted octanol–water partition coefficient (Wildman–Crippen LogP) is -0.0185. The van der Waals surface area contributed by atoms with Crippen molar-refractivity contribution in [1.82, 2.24) is 10.0 Å². The number of anilines is 1. The fraction of sp³-hybridized carbons (Fsp3) is 0.364. The summed E-state index contributed by atoms with van der Waals surface area (Å²) in [6, 6.07) is 3.11. The number of nitrogens with zero attached hydrogens (tertiary/aromatic N) is 1. The number of nitro groups is 1. The number of amides is 1. The summed E-state index contributed by atoms with van der Waals surface area (Å²) in [6.07, 6.45) is 0.725. The van der Waals surface area contributed by atoms with Crippen LogP contribution in [0.15, 0.2) is 23.1 Å². The second-order valence-corrected chi connectivity index (χ2v) is 5.92. The van der Waals surface area contributed by atoms with E-state index in [0.29, 0.717) is 6.54 Å². The third kappa shape index (κ3) is 4.68. The Hall–Kier alpha value is -2.20. The molecular weight excluding hydrogens is 300 g/mol. The number of hydrogen-bond acceptors (Lipinski definition) is 6. The molecule has 1 rings (SSSR count). The van der Waals surface area contributed by atoms with Crippen molar-refractivity contribution in [1.29, 1.82) is 0 Å². The van der Waals surface area contributed by atoms with Gasteiger partial charge in [0, 0.05) is 12.6 Å². The third-order valence-electron chi connectivity index (χ3n) is 2.50. The first-order chi connectivity index (χ1) is 9.77. The fourth-order valence-corrected chi connectivity index (χ4v) is 2.42. The molecule has 21 heavy (non-hydrogen) atoms. The van der Waals surface area contributed by atoms with Crippen molar-refractivity contribution < 1.29 is 18.1 Å². The molecule has 0 aliphatic carbocycles. The van der Waals surface area contributed by atoms with Crippen LogP contribution >= 0.6 is 0 Å². The van der Waals surface area contributed by atoms with Gasteiger partial charge in [-0.1, -0.05) is 6.92 Å². The van der Waals surface area contributed by atoms with Crippen molar-refractivity contribution in [3.63, 3.8) is 0 Å². The van der Waals surface area contributed by atoms with Crippen LogP contribution in [0.3, 0.4) is 0 Å². The van der Waals surface area contributed by atoms with E-state index in [-0.39, 0.29) is 10.6 Å². The third-order valence-corrected chi connectivity index (χ3v) is 3.90. The zero-order valence-electron chi connectivity index (χ0n) is 11.3. The highest BCUT2D eigenvalue weighted by molar-refractivity contribution is 7.89. The summed E-state index contributed by atoms with van der Waals surface area (Å²) >= 11 is 0. The van der Waals surface area contributed by atoms with Crippen LogP contribution in [0.1, 0.15) is 13.3 Å². The molecule has 0 heterocycles. The Bertz CT molecular complexity index is 644. The second kappa shape index (κ2) is 6.99. The van der Waals surface area contributed by atoms with E-state index in [2.05, 4.69) is 10.0 Å². The maximum absolute atomic E-state index is 11.9. The summed E-state index contributed by atoms with van der Waals surface area (Å²) in [7, 11) is -4.02. The summed E-state index contributed by atoms with van der Waals surface area (Å²) in [5, 5.41) is 13.2. The predicted molar refractivity (Wildman–Crippen MR) is 76.0 cm³/mol. The highest BCUT2D eigenvalue weighted by Gasteiger charge is 2.20. The zero-order valence-corrected chi connectivity index (χ0v) is 12.1. The number of rotatable bonds is 7. The molecular formula is C11H16N4O5S. The minimum absolute atomic E-state index is 0.139. The highest BCUT2D eigenvalue weighted by atomic mass is 32.2. The van der Waals surface area contributed by atoms with Gasteiger partial charge in [-0.15, -0.1) is 0 Å². The lowest BCUT2D eigenvalue weighted by Crippen LogP contribution is -2.37. The summed E-state index contributed by atoms with van der Waals surface area (Å²) in [5.74, 6) is -0.481. The quantitative estimate of drug-likeness (QED) is 0.366.